The summed E-state index contributed by atoms with van der Waals surface area (Å²) in [7, 11) is 0. The van der Waals surface area contributed by atoms with E-state index in [1.54, 1.807) is 12.4 Å². The first-order chi connectivity index (χ1) is 15.1. The number of aliphatic carboxylic acids is 1. The highest BCUT2D eigenvalue weighted by Gasteiger charge is 2.44. The number of halogens is 3. The number of likely N-dealkylation sites (tertiary alicyclic amines) is 1. The Morgan fingerprint density at radius 3 is 2.81 bits per heavy atom. The fourth-order valence-electron chi connectivity index (χ4n) is 3.96. The molecule has 1 aromatic heterocycles. The van der Waals surface area contributed by atoms with Gasteiger partial charge in [0.15, 0.2) is 11.5 Å². The predicted octanol–water partition coefficient (Wildman–Crippen LogP) is 2.89. The maximum absolute atomic E-state index is 10.6. The van der Waals surface area contributed by atoms with Crippen LogP contribution in [0, 0.1) is 0 Å². The molecule has 32 heavy (non-hydrogen) atoms. The van der Waals surface area contributed by atoms with Crippen LogP contribution < -0.4 is 4.74 Å². The average molecular weight is 455 g/mol. The van der Waals surface area contributed by atoms with E-state index < -0.39 is 12.1 Å². The van der Waals surface area contributed by atoms with Crippen molar-refractivity contribution in [3.63, 3.8) is 0 Å². The number of aromatic hydroxyl groups is 1. The van der Waals surface area contributed by atoms with Crippen LogP contribution in [0.15, 0.2) is 30.7 Å². The third kappa shape index (κ3) is 5.46. The summed E-state index contributed by atoms with van der Waals surface area (Å²) in [6.07, 6.45) is -0.531. The third-order valence-corrected chi connectivity index (χ3v) is 5.33. The van der Waals surface area contributed by atoms with E-state index in [2.05, 4.69) is 14.9 Å². The van der Waals surface area contributed by atoms with Crippen LogP contribution in [-0.4, -0.2) is 63.5 Å². The number of carboxylic acid groups (broad SMARTS) is 1. The molecular formula is C21H24F3N3O5. The van der Waals surface area contributed by atoms with Gasteiger partial charge < -0.3 is 19.7 Å². The maximum atomic E-state index is 10.6. The summed E-state index contributed by atoms with van der Waals surface area (Å²) in [5.41, 5.74) is 3.37. The number of aromatic nitrogens is 2. The first kappa shape index (κ1) is 23.7. The Balaban J connectivity index is 0.000000360. The van der Waals surface area contributed by atoms with E-state index >= 15 is 0 Å². The highest BCUT2D eigenvalue weighted by atomic mass is 19.4. The van der Waals surface area contributed by atoms with Crippen LogP contribution in [0.4, 0.5) is 13.2 Å². The Morgan fingerprint density at radius 1 is 1.38 bits per heavy atom. The van der Waals surface area contributed by atoms with Crippen LogP contribution in [0.3, 0.4) is 0 Å². The van der Waals surface area contributed by atoms with Crippen molar-refractivity contribution >= 4 is 5.97 Å². The molecule has 1 atom stereocenters. The molecule has 2 aliphatic rings. The third-order valence-electron chi connectivity index (χ3n) is 5.33. The first-order valence-corrected chi connectivity index (χ1v) is 9.99. The van der Waals surface area contributed by atoms with Crippen molar-refractivity contribution in [1.82, 2.24) is 14.9 Å². The summed E-state index contributed by atoms with van der Waals surface area (Å²) < 4.78 is 43.1. The van der Waals surface area contributed by atoms with Crippen molar-refractivity contribution in [2.45, 2.75) is 38.1 Å². The zero-order valence-electron chi connectivity index (χ0n) is 17.4. The topological polar surface area (TPSA) is 105 Å². The molecule has 0 radical (unpaired) electrons. The van der Waals surface area contributed by atoms with Crippen molar-refractivity contribution in [2.75, 3.05) is 26.3 Å². The van der Waals surface area contributed by atoms with Gasteiger partial charge in [-0.3, -0.25) is 4.90 Å². The molecule has 2 aliphatic heterocycles. The summed E-state index contributed by atoms with van der Waals surface area (Å²) in [4.78, 5) is 20.0. The van der Waals surface area contributed by atoms with E-state index in [0.29, 0.717) is 25.6 Å². The molecule has 3 heterocycles. The lowest BCUT2D eigenvalue weighted by Gasteiger charge is -2.34. The van der Waals surface area contributed by atoms with Crippen molar-refractivity contribution in [3.05, 3.63) is 47.5 Å². The second kappa shape index (κ2) is 9.70. The van der Waals surface area contributed by atoms with Crippen molar-refractivity contribution in [1.29, 1.82) is 0 Å². The quantitative estimate of drug-likeness (QED) is 0.725. The van der Waals surface area contributed by atoms with Gasteiger partial charge in [0.25, 0.3) is 0 Å². The molecule has 0 bridgehead atoms. The van der Waals surface area contributed by atoms with Crippen LogP contribution >= 0.6 is 0 Å². The van der Waals surface area contributed by atoms with Gasteiger partial charge in [0.2, 0.25) is 0 Å². The molecule has 11 heteroatoms. The largest absolute Gasteiger partial charge is 0.504 e. The van der Waals surface area contributed by atoms with Crippen LogP contribution in [0.1, 0.15) is 30.2 Å². The smallest absolute Gasteiger partial charge is 0.490 e. The van der Waals surface area contributed by atoms with Crippen molar-refractivity contribution in [3.8, 4) is 11.5 Å². The summed E-state index contributed by atoms with van der Waals surface area (Å²) in [6.45, 7) is 6.51. The standard InChI is InChI=1S/C19H23N3O3.C2HF3O2/c1-2-25-17-7-14(3-4-16(17)23)9-22-6-5-19(11-22)12-24-10-15-8-20-13-21-18(15)19;3-2(4,5)1(6)7/h3-4,7-8,13,23H,2,5-6,9-12H2,1H3;(H,6,7). The Labute approximate surface area is 182 Å². The van der Waals surface area contributed by atoms with Crippen LogP contribution in [0.25, 0.3) is 0 Å². The van der Waals surface area contributed by atoms with Gasteiger partial charge in [0.05, 0.1) is 30.9 Å². The number of nitrogens with zero attached hydrogens (tertiary/aromatic N) is 3. The first-order valence-electron chi connectivity index (χ1n) is 9.99. The molecule has 0 aliphatic carbocycles. The molecule has 1 saturated heterocycles. The molecular weight excluding hydrogens is 431 g/mol. The molecule has 174 valence electrons. The number of fused-ring (bicyclic) bond motifs is 2. The number of hydrogen-bond acceptors (Lipinski definition) is 7. The minimum absolute atomic E-state index is 0.0316. The lowest BCUT2D eigenvalue weighted by atomic mass is 9.81. The lowest BCUT2D eigenvalue weighted by Crippen LogP contribution is -2.40. The Morgan fingerprint density at radius 2 is 2.12 bits per heavy atom. The zero-order chi connectivity index (χ0) is 23.4. The molecule has 1 aromatic carbocycles. The number of rotatable bonds is 4. The van der Waals surface area contributed by atoms with Gasteiger partial charge in [-0.1, -0.05) is 6.07 Å². The molecule has 2 N–H and O–H groups in total. The monoisotopic (exact) mass is 455 g/mol. The van der Waals surface area contributed by atoms with E-state index in [0.717, 1.165) is 42.9 Å². The molecule has 1 fully saturated rings. The van der Waals surface area contributed by atoms with Gasteiger partial charge in [-0.05, 0) is 37.6 Å². The Hall–Kier alpha value is -2.92. The SMILES string of the molecule is CCOc1cc(CN2CCC3(COCc4cncnc43)C2)ccc1O.O=C(O)C(F)(F)F. The zero-order valence-corrected chi connectivity index (χ0v) is 17.4. The molecule has 0 amide bonds. The molecule has 0 saturated carbocycles. The van der Waals surface area contributed by atoms with E-state index in [-0.39, 0.29) is 11.2 Å². The number of carbonyl (C=O) groups is 1. The number of hydrogen-bond donors (Lipinski definition) is 2. The van der Waals surface area contributed by atoms with Gasteiger partial charge in [-0.25, -0.2) is 14.8 Å². The second-order valence-corrected chi connectivity index (χ2v) is 7.67. The van der Waals surface area contributed by atoms with Gasteiger partial charge in [-0.15, -0.1) is 0 Å². The fraction of sp³-hybridized carbons (Fsp3) is 0.476. The van der Waals surface area contributed by atoms with Crippen LogP contribution in [0.2, 0.25) is 0 Å². The summed E-state index contributed by atoms with van der Waals surface area (Å²) in [5.74, 6) is -2.02. The number of phenols is 1. The normalized spacial score (nSPS) is 20.4. The number of ether oxygens (including phenoxy) is 2. The lowest BCUT2D eigenvalue weighted by molar-refractivity contribution is -0.192. The van der Waals surface area contributed by atoms with Gasteiger partial charge in [-0.2, -0.15) is 13.2 Å². The van der Waals surface area contributed by atoms with Crippen molar-refractivity contribution < 1.29 is 37.7 Å². The maximum Gasteiger partial charge on any atom is 0.490 e. The van der Waals surface area contributed by atoms with Crippen LogP contribution in [-0.2, 0) is 28.1 Å². The Bertz CT molecular complexity index is 957. The van der Waals surface area contributed by atoms with E-state index in [4.69, 9.17) is 19.4 Å². The summed E-state index contributed by atoms with van der Waals surface area (Å²) in [5, 5.41) is 17.0. The number of phenolic OH excluding ortho intramolecular Hbond substituents is 1. The van der Waals surface area contributed by atoms with Gasteiger partial charge >= 0.3 is 12.1 Å². The Kier molecular flexibility index (Phi) is 7.19. The van der Waals surface area contributed by atoms with Crippen LogP contribution in [0.5, 0.6) is 11.5 Å². The highest BCUT2D eigenvalue weighted by molar-refractivity contribution is 5.73. The van der Waals surface area contributed by atoms with Crippen molar-refractivity contribution in [2.24, 2.45) is 0 Å². The van der Waals surface area contributed by atoms with Gasteiger partial charge in [0.1, 0.15) is 6.33 Å². The predicted molar refractivity (Wildman–Crippen MR) is 106 cm³/mol. The summed E-state index contributed by atoms with van der Waals surface area (Å²) in [6, 6.07) is 5.59. The average Bonchev–Trinajstić information content (AvgIpc) is 3.14. The van der Waals surface area contributed by atoms with Gasteiger partial charge in [0, 0.05) is 24.8 Å². The number of benzene rings is 1. The fourth-order valence-corrected chi connectivity index (χ4v) is 3.96. The van der Waals surface area contributed by atoms with E-state index in [9.17, 15) is 18.3 Å². The molecule has 4 rings (SSSR count). The summed E-state index contributed by atoms with van der Waals surface area (Å²) >= 11 is 0. The molecule has 2 aromatic rings. The second-order valence-electron chi connectivity index (χ2n) is 7.67. The minimum atomic E-state index is -5.08. The molecule has 1 unspecified atom stereocenters. The molecule has 8 nitrogen and oxygen atoms in total. The van der Waals surface area contributed by atoms with E-state index in [1.165, 1.54) is 0 Å². The van der Waals surface area contributed by atoms with E-state index in [1.807, 2.05) is 25.3 Å². The number of alkyl halides is 3. The highest BCUT2D eigenvalue weighted by Crippen LogP contribution is 2.39. The number of carboxylic acids is 1. The molecule has 1 spiro atoms. The minimum Gasteiger partial charge on any atom is -0.504 e.